The number of amides is 1. The smallest absolute Gasteiger partial charge is 0.223 e. The van der Waals surface area contributed by atoms with E-state index in [0.29, 0.717) is 18.7 Å². The van der Waals surface area contributed by atoms with Crippen molar-refractivity contribution in [2.45, 2.75) is 25.3 Å². The van der Waals surface area contributed by atoms with Crippen molar-refractivity contribution < 1.29 is 9.21 Å². The number of rotatable bonds is 6. The normalized spacial score (nSPS) is 15.7. The summed E-state index contributed by atoms with van der Waals surface area (Å²) in [5.41, 5.74) is 2.08. The van der Waals surface area contributed by atoms with Gasteiger partial charge in [-0.3, -0.25) is 9.78 Å². The highest BCUT2D eigenvalue weighted by Crippen LogP contribution is 2.23. The average Bonchev–Trinajstić information content (AvgIpc) is 3.24. The van der Waals surface area contributed by atoms with Crippen LogP contribution in [0.2, 0.25) is 0 Å². The van der Waals surface area contributed by atoms with Crippen LogP contribution in [-0.4, -0.2) is 40.4 Å². The maximum atomic E-state index is 12.8. The van der Waals surface area contributed by atoms with Crippen LogP contribution >= 0.6 is 24.8 Å². The number of nitrogens with zero attached hydrogens (tertiary/aromatic N) is 3. The molecule has 0 aliphatic carbocycles. The Labute approximate surface area is 188 Å². The molecular formula is C22H26Cl2N4O2. The molecule has 0 bridgehead atoms. The summed E-state index contributed by atoms with van der Waals surface area (Å²) in [7, 11) is 0. The van der Waals surface area contributed by atoms with E-state index < -0.39 is 0 Å². The lowest BCUT2D eigenvalue weighted by Crippen LogP contribution is -2.48. The first kappa shape index (κ1) is 23.9. The largest absolute Gasteiger partial charge is 0.441 e. The molecule has 1 unspecified atom stereocenters. The van der Waals surface area contributed by atoms with E-state index in [0.717, 1.165) is 42.9 Å². The number of oxazole rings is 1. The van der Waals surface area contributed by atoms with Crippen molar-refractivity contribution in [2.24, 2.45) is 0 Å². The second-order valence-corrected chi connectivity index (χ2v) is 6.93. The molecule has 3 aromatic rings. The molecule has 0 saturated carbocycles. The van der Waals surface area contributed by atoms with Crippen LogP contribution in [-0.2, 0) is 11.2 Å². The van der Waals surface area contributed by atoms with E-state index in [1.54, 1.807) is 12.4 Å². The van der Waals surface area contributed by atoms with Gasteiger partial charge in [0.05, 0.1) is 12.2 Å². The van der Waals surface area contributed by atoms with Gasteiger partial charge in [0.15, 0.2) is 11.7 Å². The van der Waals surface area contributed by atoms with E-state index in [1.165, 1.54) is 0 Å². The van der Waals surface area contributed by atoms with E-state index in [2.05, 4.69) is 15.3 Å². The number of aryl methyl sites for hydroxylation is 1. The zero-order chi connectivity index (χ0) is 19.2. The number of pyridine rings is 1. The van der Waals surface area contributed by atoms with Gasteiger partial charge in [-0.2, -0.15) is 0 Å². The van der Waals surface area contributed by atoms with Crippen LogP contribution in [0.5, 0.6) is 0 Å². The molecule has 160 valence electrons. The van der Waals surface area contributed by atoms with Crippen LogP contribution in [0.15, 0.2) is 65.5 Å². The molecule has 1 aromatic carbocycles. The minimum absolute atomic E-state index is 0. The summed E-state index contributed by atoms with van der Waals surface area (Å²) in [5, 5.41) is 3.37. The zero-order valence-electron chi connectivity index (χ0n) is 16.6. The van der Waals surface area contributed by atoms with Gasteiger partial charge in [0.2, 0.25) is 5.91 Å². The Hall–Kier alpha value is -2.41. The Balaban J connectivity index is 0.00000160. The molecule has 30 heavy (non-hydrogen) atoms. The zero-order valence-corrected chi connectivity index (χ0v) is 18.2. The van der Waals surface area contributed by atoms with Gasteiger partial charge in [0, 0.05) is 50.4 Å². The summed E-state index contributed by atoms with van der Waals surface area (Å²) in [5.74, 6) is 1.61. The number of carbonyl (C=O) groups excluding carboxylic acids is 1. The number of carbonyl (C=O) groups is 1. The average molecular weight is 449 g/mol. The van der Waals surface area contributed by atoms with Crippen LogP contribution in [0.3, 0.4) is 0 Å². The molecule has 1 N–H and O–H groups in total. The molecule has 0 radical (unpaired) electrons. The van der Waals surface area contributed by atoms with Crippen molar-refractivity contribution >= 4 is 30.7 Å². The fraction of sp³-hybridized carbons (Fsp3) is 0.318. The second-order valence-electron chi connectivity index (χ2n) is 6.93. The Bertz CT molecular complexity index is 906. The van der Waals surface area contributed by atoms with Crippen LogP contribution in [0.1, 0.15) is 30.3 Å². The molecule has 1 amide bonds. The Morgan fingerprint density at radius 1 is 1.13 bits per heavy atom. The molecule has 8 heteroatoms. The first-order valence-electron chi connectivity index (χ1n) is 9.71. The molecule has 1 saturated heterocycles. The fourth-order valence-electron chi connectivity index (χ4n) is 3.57. The highest BCUT2D eigenvalue weighted by molar-refractivity contribution is 5.85. The SMILES string of the molecule is Cl.Cl.O=C(CCCc1ncc(-c2ccccc2)o1)N1CCNCC1c1cccnc1. The maximum absolute atomic E-state index is 12.8. The Morgan fingerprint density at radius 2 is 1.97 bits per heavy atom. The number of benzene rings is 1. The number of halogens is 2. The second kappa shape index (κ2) is 11.7. The monoisotopic (exact) mass is 448 g/mol. The van der Waals surface area contributed by atoms with Gasteiger partial charge in [0.25, 0.3) is 0 Å². The van der Waals surface area contributed by atoms with Gasteiger partial charge >= 0.3 is 0 Å². The molecule has 6 nitrogen and oxygen atoms in total. The standard InChI is InChI=1S/C22H24N4O2.2ClH/c27-22(26-13-12-24-15-19(26)18-8-5-11-23-14-18)10-4-9-21-25-16-20(28-21)17-6-2-1-3-7-17;;/h1-3,5-8,11,14,16,19,24H,4,9-10,12-13,15H2;2*1H. The first-order valence-corrected chi connectivity index (χ1v) is 9.71. The third-order valence-electron chi connectivity index (χ3n) is 5.03. The number of aromatic nitrogens is 2. The lowest BCUT2D eigenvalue weighted by atomic mass is 10.0. The number of nitrogens with one attached hydrogen (secondary N) is 1. The Morgan fingerprint density at radius 3 is 2.73 bits per heavy atom. The molecule has 1 aliphatic heterocycles. The summed E-state index contributed by atoms with van der Waals surface area (Å²) in [6.45, 7) is 2.30. The molecule has 1 aliphatic rings. The van der Waals surface area contributed by atoms with Gasteiger partial charge in [-0.25, -0.2) is 4.98 Å². The minimum atomic E-state index is 0. The predicted octanol–water partition coefficient (Wildman–Crippen LogP) is 4.08. The van der Waals surface area contributed by atoms with Gasteiger partial charge in [0.1, 0.15) is 0 Å². The molecule has 1 atom stereocenters. The van der Waals surface area contributed by atoms with Gasteiger partial charge in [-0.05, 0) is 18.1 Å². The van der Waals surface area contributed by atoms with Crippen molar-refractivity contribution in [3.8, 4) is 11.3 Å². The quantitative estimate of drug-likeness (QED) is 0.614. The summed E-state index contributed by atoms with van der Waals surface area (Å²) < 4.78 is 5.83. The van der Waals surface area contributed by atoms with Crippen molar-refractivity contribution in [3.63, 3.8) is 0 Å². The molecule has 2 aromatic heterocycles. The van der Waals surface area contributed by atoms with E-state index in [-0.39, 0.29) is 36.8 Å². The van der Waals surface area contributed by atoms with E-state index >= 15 is 0 Å². The minimum Gasteiger partial charge on any atom is -0.441 e. The van der Waals surface area contributed by atoms with E-state index in [9.17, 15) is 4.79 Å². The van der Waals surface area contributed by atoms with Gasteiger partial charge < -0.3 is 14.6 Å². The summed E-state index contributed by atoms with van der Waals surface area (Å²) in [6.07, 6.45) is 7.21. The number of piperazine rings is 1. The number of hydrogen-bond donors (Lipinski definition) is 1. The highest BCUT2D eigenvalue weighted by atomic mass is 35.5. The van der Waals surface area contributed by atoms with E-state index in [1.807, 2.05) is 53.6 Å². The Kier molecular flexibility index (Phi) is 9.30. The third-order valence-corrected chi connectivity index (χ3v) is 5.03. The van der Waals surface area contributed by atoms with Crippen molar-refractivity contribution in [3.05, 3.63) is 72.5 Å². The highest BCUT2D eigenvalue weighted by Gasteiger charge is 2.27. The first-order chi connectivity index (χ1) is 13.8. The van der Waals surface area contributed by atoms with Gasteiger partial charge in [-0.15, -0.1) is 24.8 Å². The molecule has 0 spiro atoms. The van der Waals surface area contributed by atoms with Crippen LogP contribution in [0.4, 0.5) is 0 Å². The number of hydrogen-bond acceptors (Lipinski definition) is 5. The van der Waals surface area contributed by atoms with Crippen LogP contribution in [0, 0.1) is 0 Å². The summed E-state index contributed by atoms with van der Waals surface area (Å²) in [6, 6.07) is 13.9. The predicted molar refractivity (Wildman–Crippen MR) is 121 cm³/mol. The third kappa shape index (κ3) is 5.81. The van der Waals surface area contributed by atoms with Crippen molar-refractivity contribution in [1.29, 1.82) is 0 Å². The fourth-order valence-corrected chi connectivity index (χ4v) is 3.57. The van der Waals surface area contributed by atoms with Crippen LogP contribution < -0.4 is 5.32 Å². The van der Waals surface area contributed by atoms with Crippen LogP contribution in [0.25, 0.3) is 11.3 Å². The lowest BCUT2D eigenvalue weighted by molar-refractivity contribution is -0.134. The van der Waals surface area contributed by atoms with Gasteiger partial charge in [-0.1, -0.05) is 36.4 Å². The molecule has 4 rings (SSSR count). The van der Waals surface area contributed by atoms with Crippen molar-refractivity contribution in [2.75, 3.05) is 19.6 Å². The molecule has 1 fully saturated rings. The topological polar surface area (TPSA) is 71.3 Å². The molecule has 3 heterocycles. The molecular weight excluding hydrogens is 423 g/mol. The van der Waals surface area contributed by atoms with E-state index in [4.69, 9.17) is 4.42 Å². The maximum Gasteiger partial charge on any atom is 0.223 e. The van der Waals surface area contributed by atoms with Crippen molar-refractivity contribution in [1.82, 2.24) is 20.2 Å². The lowest BCUT2D eigenvalue weighted by Gasteiger charge is -2.36. The summed E-state index contributed by atoms with van der Waals surface area (Å²) >= 11 is 0. The summed E-state index contributed by atoms with van der Waals surface area (Å²) in [4.78, 5) is 23.3.